The van der Waals surface area contributed by atoms with Crippen LogP contribution in [-0.2, 0) is 9.53 Å². The summed E-state index contributed by atoms with van der Waals surface area (Å²) in [6.45, 7) is 0.952. The number of benzene rings is 3. The summed E-state index contributed by atoms with van der Waals surface area (Å²) in [6, 6.07) is 15.5. The van der Waals surface area contributed by atoms with E-state index in [1.165, 1.54) is 7.11 Å². The number of Topliss-reactive ketones (excluding diaryl/α,β-unsaturated/α-hetero) is 1. The number of rotatable bonds is 3. The number of hydrogen-bond acceptors (Lipinski definition) is 8. The third-order valence-electron chi connectivity index (χ3n) is 6.38. The number of carbonyl (C=O) groups is 3. The first-order valence-corrected chi connectivity index (χ1v) is 11.4. The van der Waals surface area contributed by atoms with Crippen LogP contribution in [0.25, 0.3) is 6.08 Å². The van der Waals surface area contributed by atoms with E-state index in [1.807, 2.05) is 6.07 Å². The summed E-state index contributed by atoms with van der Waals surface area (Å²) in [4.78, 5) is 37.4. The molecule has 0 N–H and O–H groups in total. The molecule has 3 heterocycles. The second-order valence-corrected chi connectivity index (χ2v) is 8.54. The Kier molecular flexibility index (Phi) is 5.21. The number of fused-ring (bicyclic) bond motifs is 4. The van der Waals surface area contributed by atoms with E-state index in [-0.39, 0.29) is 23.9 Å². The molecule has 36 heavy (non-hydrogen) atoms. The van der Waals surface area contributed by atoms with Crippen LogP contribution in [0.3, 0.4) is 0 Å². The van der Waals surface area contributed by atoms with Gasteiger partial charge in [-0.25, -0.2) is 4.79 Å². The minimum absolute atomic E-state index is 0.0692. The van der Waals surface area contributed by atoms with Crippen LogP contribution in [0.4, 0.5) is 0 Å². The Morgan fingerprint density at radius 1 is 0.917 bits per heavy atom. The Balaban J connectivity index is 1.38. The molecular formula is C28H20O8. The molecule has 0 aromatic heterocycles. The summed E-state index contributed by atoms with van der Waals surface area (Å²) in [5.41, 5.74) is 2.93. The standard InChI is InChI=1S/C28H20O8/c1-32-28(31)17-5-3-16(4-6-17)19-14-24(29)35-21-9-7-18-26(30)23(36-27(18)25(19)21)13-15-2-8-20-22(12-15)34-11-10-33-20/h2-9,12-13,19H,10-11,14H2,1H3/b23-13-/t19-/m1/s1. The SMILES string of the molecule is COC(=O)c1ccc([C@H]2CC(=O)Oc3ccc4c(c32)O/C(=C\c2ccc3c(c2)OCCO3)C4=O)cc1. The first-order chi connectivity index (χ1) is 17.5. The topological polar surface area (TPSA) is 97.4 Å². The van der Waals surface area contributed by atoms with E-state index >= 15 is 0 Å². The fourth-order valence-electron chi connectivity index (χ4n) is 4.66. The van der Waals surface area contributed by atoms with Crippen molar-refractivity contribution in [2.45, 2.75) is 12.3 Å². The maximum absolute atomic E-state index is 13.2. The van der Waals surface area contributed by atoms with Gasteiger partial charge in [-0.1, -0.05) is 18.2 Å². The van der Waals surface area contributed by atoms with Crippen molar-refractivity contribution in [3.63, 3.8) is 0 Å². The van der Waals surface area contributed by atoms with Gasteiger partial charge in [-0.3, -0.25) is 9.59 Å². The van der Waals surface area contributed by atoms with Crippen LogP contribution in [0, 0.1) is 0 Å². The average molecular weight is 484 g/mol. The van der Waals surface area contributed by atoms with Gasteiger partial charge in [0.15, 0.2) is 17.3 Å². The highest BCUT2D eigenvalue weighted by atomic mass is 16.6. The number of ketones is 1. The lowest BCUT2D eigenvalue weighted by molar-refractivity contribution is -0.135. The van der Waals surface area contributed by atoms with E-state index in [9.17, 15) is 14.4 Å². The fraction of sp³-hybridized carbons (Fsp3) is 0.179. The van der Waals surface area contributed by atoms with Gasteiger partial charge in [0, 0.05) is 11.5 Å². The normalized spacial score (nSPS) is 18.7. The molecule has 3 aliphatic heterocycles. The van der Waals surface area contributed by atoms with Crippen molar-refractivity contribution in [3.8, 4) is 23.0 Å². The molecule has 0 spiro atoms. The van der Waals surface area contributed by atoms with Crippen molar-refractivity contribution >= 4 is 23.8 Å². The lowest BCUT2D eigenvalue weighted by Gasteiger charge is -2.26. The third-order valence-corrected chi connectivity index (χ3v) is 6.38. The molecule has 0 saturated heterocycles. The molecule has 0 saturated carbocycles. The van der Waals surface area contributed by atoms with Gasteiger partial charge in [0.05, 0.1) is 24.7 Å². The van der Waals surface area contributed by atoms with Gasteiger partial charge in [-0.05, 0) is 53.6 Å². The summed E-state index contributed by atoms with van der Waals surface area (Å²) in [7, 11) is 1.32. The lowest BCUT2D eigenvalue weighted by Crippen LogP contribution is -2.21. The molecule has 0 bridgehead atoms. The molecule has 8 heteroatoms. The van der Waals surface area contributed by atoms with Crippen LogP contribution in [0.1, 0.15) is 49.7 Å². The molecule has 6 rings (SSSR count). The molecule has 3 aliphatic rings. The maximum atomic E-state index is 13.2. The fourth-order valence-corrected chi connectivity index (χ4v) is 4.66. The summed E-state index contributed by atoms with van der Waals surface area (Å²) in [5, 5.41) is 0. The van der Waals surface area contributed by atoms with Gasteiger partial charge < -0.3 is 23.7 Å². The Bertz CT molecular complexity index is 1450. The highest BCUT2D eigenvalue weighted by molar-refractivity contribution is 6.15. The number of carbonyl (C=O) groups excluding carboxylic acids is 3. The molecular weight excluding hydrogens is 464 g/mol. The van der Waals surface area contributed by atoms with Gasteiger partial charge in [0.25, 0.3) is 0 Å². The van der Waals surface area contributed by atoms with Crippen LogP contribution < -0.4 is 18.9 Å². The summed E-state index contributed by atoms with van der Waals surface area (Å²) >= 11 is 0. The Morgan fingerprint density at radius 3 is 2.44 bits per heavy atom. The zero-order valence-corrected chi connectivity index (χ0v) is 19.2. The van der Waals surface area contributed by atoms with E-state index in [4.69, 9.17) is 23.7 Å². The van der Waals surface area contributed by atoms with Crippen molar-refractivity contribution in [2.24, 2.45) is 0 Å². The largest absolute Gasteiger partial charge is 0.486 e. The van der Waals surface area contributed by atoms with Crippen LogP contribution in [0.5, 0.6) is 23.0 Å². The first kappa shape index (κ1) is 21.9. The van der Waals surface area contributed by atoms with Crippen LogP contribution in [0.15, 0.2) is 60.4 Å². The minimum Gasteiger partial charge on any atom is -0.486 e. The number of esters is 2. The summed E-state index contributed by atoms with van der Waals surface area (Å²) in [6.07, 6.45) is 1.72. The van der Waals surface area contributed by atoms with Crippen molar-refractivity contribution < 1.29 is 38.1 Å². The van der Waals surface area contributed by atoms with Crippen molar-refractivity contribution in [1.82, 2.24) is 0 Å². The third kappa shape index (κ3) is 3.67. The molecule has 8 nitrogen and oxygen atoms in total. The smallest absolute Gasteiger partial charge is 0.337 e. The summed E-state index contributed by atoms with van der Waals surface area (Å²) in [5.74, 6) is 0.627. The zero-order valence-electron chi connectivity index (χ0n) is 19.2. The molecule has 0 fully saturated rings. The Labute approximate surface area is 206 Å². The van der Waals surface area contributed by atoms with E-state index in [1.54, 1.807) is 54.6 Å². The second-order valence-electron chi connectivity index (χ2n) is 8.54. The Morgan fingerprint density at radius 2 is 1.67 bits per heavy atom. The van der Waals surface area contributed by atoms with Crippen LogP contribution >= 0.6 is 0 Å². The number of methoxy groups -OCH3 is 1. The van der Waals surface area contributed by atoms with Crippen molar-refractivity contribution in [2.75, 3.05) is 20.3 Å². The van der Waals surface area contributed by atoms with Gasteiger partial charge in [-0.15, -0.1) is 0 Å². The predicted octanol–water partition coefficient (Wildman–Crippen LogP) is 4.30. The van der Waals surface area contributed by atoms with E-state index < -0.39 is 11.9 Å². The molecule has 1 atom stereocenters. The molecule has 0 radical (unpaired) electrons. The van der Waals surface area contributed by atoms with Crippen molar-refractivity contribution in [1.29, 1.82) is 0 Å². The van der Waals surface area contributed by atoms with Gasteiger partial charge in [-0.2, -0.15) is 0 Å². The van der Waals surface area contributed by atoms with Gasteiger partial charge in [0.1, 0.15) is 24.7 Å². The minimum atomic E-state index is -0.450. The predicted molar refractivity (Wildman–Crippen MR) is 127 cm³/mol. The number of hydrogen-bond donors (Lipinski definition) is 0. The van der Waals surface area contributed by atoms with Gasteiger partial charge in [0.2, 0.25) is 5.78 Å². The van der Waals surface area contributed by atoms with Crippen LogP contribution in [0.2, 0.25) is 0 Å². The summed E-state index contributed by atoms with van der Waals surface area (Å²) < 4.78 is 27.6. The molecule has 0 unspecified atom stereocenters. The highest BCUT2D eigenvalue weighted by Crippen LogP contribution is 2.49. The zero-order chi connectivity index (χ0) is 24.8. The average Bonchev–Trinajstić information content (AvgIpc) is 3.22. The molecule has 3 aromatic carbocycles. The van der Waals surface area contributed by atoms with Crippen molar-refractivity contribution in [3.05, 3.63) is 88.2 Å². The second kappa shape index (κ2) is 8.57. The number of ether oxygens (including phenoxy) is 5. The highest BCUT2D eigenvalue weighted by Gasteiger charge is 2.38. The quantitative estimate of drug-likeness (QED) is 0.308. The Hall–Kier alpha value is -4.59. The molecule has 0 aliphatic carbocycles. The van der Waals surface area contributed by atoms with E-state index in [0.717, 1.165) is 11.1 Å². The lowest BCUT2D eigenvalue weighted by atomic mass is 9.84. The molecule has 3 aromatic rings. The number of allylic oxidation sites excluding steroid dienone is 1. The van der Waals surface area contributed by atoms with Gasteiger partial charge >= 0.3 is 11.9 Å². The first-order valence-electron chi connectivity index (χ1n) is 11.4. The van der Waals surface area contributed by atoms with Crippen LogP contribution in [-0.4, -0.2) is 38.0 Å². The van der Waals surface area contributed by atoms with E-state index in [0.29, 0.717) is 52.9 Å². The van der Waals surface area contributed by atoms with E-state index in [2.05, 4.69) is 0 Å². The maximum Gasteiger partial charge on any atom is 0.337 e. The molecule has 180 valence electrons. The monoisotopic (exact) mass is 484 g/mol. The molecule has 0 amide bonds.